The van der Waals surface area contributed by atoms with Crippen LogP contribution in [0, 0.1) is 13.8 Å². The lowest BCUT2D eigenvalue weighted by molar-refractivity contribution is -0.139. The summed E-state index contributed by atoms with van der Waals surface area (Å²) in [5.74, 6) is -1.13. The lowest BCUT2D eigenvalue weighted by Crippen LogP contribution is -2.38. The molecule has 0 fully saturated rings. The molecule has 122 valence electrons. The number of carbonyl (C=O) groups excluding carboxylic acids is 2. The van der Waals surface area contributed by atoms with Gasteiger partial charge in [0, 0.05) is 40.7 Å². The molecule has 0 aliphatic heterocycles. The minimum absolute atomic E-state index is 0.0304. The first-order valence-corrected chi connectivity index (χ1v) is 8.15. The van der Waals surface area contributed by atoms with Crippen molar-refractivity contribution in [2.24, 2.45) is 0 Å². The van der Waals surface area contributed by atoms with Crippen molar-refractivity contribution in [3.8, 4) is 0 Å². The van der Waals surface area contributed by atoms with Gasteiger partial charge in [0.1, 0.15) is 0 Å². The molecule has 0 unspecified atom stereocenters. The van der Waals surface area contributed by atoms with E-state index < -0.39 is 5.97 Å². The smallest absolute Gasteiger partial charge is 0.305 e. The summed E-state index contributed by atoms with van der Waals surface area (Å²) in [5.41, 5.74) is 0.692. The molecule has 1 amide bonds. The van der Waals surface area contributed by atoms with Crippen LogP contribution in [0.1, 0.15) is 53.2 Å². The first-order valence-electron chi connectivity index (χ1n) is 7.33. The fourth-order valence-corrected chi connectivity index (χ4v) is 3.24. The van der Waals surface area contributed by atoms with Crippen LogP contribution in [0.2, 0.25) is 0 Å². The second kappa shape index (κ2) is 8.08. The molecule has 1 heterocycles. The Hall–Kier alpha value is -1.69. The number of carboxylic acid groups (broad SMARTS) is 1. The average Bonchev–Trinajstić information content (AvgIpc) is 2.74. The molecule has 1 N–H and O–H groups in total. The molecule has 0 saturated carbocycles. The second-order valence-corrected chi connectivity index (χ2v) is 7.04. The number of Topliss-reactive ketones (excluding diaryl/α,β-unsaturated/α-hetero) is 1. The molecule has 0 aromatic carbocycles. The Balaban J connectivity index is 2.60. The van der Waals surface area contributed by atoms with Crippen LogP contribution >= 0.6 is 11.3 Å². The highest BCUT2D eigenvalue weighted by atomic mass is 32.1. The molecule has 1 aromatic heterocycles. The number of hydrogen-bond acceptors (Lipinski definition) is 4. The molecule has 5 nitrogen and oxygen atoms in total. The Labute approximate surface area is 134 Å². The van der Waals surface area contributed by atoms with Crippen molar-refractivity contribution >= 4 is 29.0 Å². The van der Waals surface area contributed by atoms with Gasteiger partial charge in [-0.05, 0) is 33.8 Å². The second-order valence-electron chi connectivity index (χ2n) is 5.57. The third-order valence-corrected chi connectivity index (χ3v) is 4.38. The monoisotopic (exact) mass is 325 g/mol. The van der Waals surface area contributed by atoms with Crippen LogP contribution in [-0.2, 0) is 9.59 Å². The van der Waals surface area contributed by atoms with Crippen LogP contribution in [0.3, 0.4) is 0 Å². The molecular weight excluding hydrogens is 302 g/mol. The lowest BCUT2D eigenvalue weighted by atomic mass is 10.1. The van der Waals surface area contributed by atoms with Crippen LogP contribution in [0.15, 0.2) is 6.07 Å². The normalized spacial score (nSPS) is 10.8. The largest absolute Gasteiger partial charge is 0.481 e. The van der Waals surface area contributed by atoms with Gasteiger partial charge in [-0.3, -0.25) is 14.4 Å². The molecule has 0 radical (unpaired) electrons. The Morgan fingerprint density at radius 2 is 1.82 bits per heavy atom. The quantitative estimate of drug-likeness (QED) is 0.746. The summed E-state index contributed by atoms with van der Waals surface area (Å²) < 4.78 is 0. The number of ketones is 1. The number of thiophene rings is 1. The van der Waals surface area contributed by atoms with Crippen molar-refractivity contribution in [2.75, 3.05) is 6.54 Å². The van der Waals surface area contributed by atoms with E-state index in [1.165, 1.54) is 4.90 Å². The summed E-state index contributed by atoms with van der Waals surface area (Å²) in [6.45, 7) is 7.71. The van der Waals surface area contributed by atoms with Gasteiger partial charge in [-0.15, -0.1) is 11.3 Å². The Bertz CT molecular complexity index is 562. The third kappa shape index (κ3) is 5.26. The van der Waals surface area contributed by atoms with Crippen molar-refractivity contribution in [3.63, 3.8) is 0 Å². The fraction of sp³-hybridized carbons (Fsp3) is 0.562. The molecular formula is C16H23NO4S. The highest BCUT2D eigenvalue weighted by molar-refractivity contribution is 7.12. The van der Waals surface area contributed by atoms with E-state index in [1.807, 2.05) is 33.8 Å². The van der Waals surface area contributed by atoms with Gasteiger partial charge in [-0.1, -0.05) is 0 Å². The predicted octanol–water partition coefficient (Wildman–Crippen LogP) is 3.04. The molecule has 1 rings (SSSR count). The van der Waals surface area contributed by atoms with Crippen molar-refractivity contribution in [1.29, 1.82) is 0 Å². The summed E-state index contributed by atoms with van der Waals surface area (Å²) >= 11 is 1.57. The van der Waals surface area contributed by atoms with Gasteiger partial charge in [0.15, 0.2) is 5.78 Å². The lowest BCUT2D eigenvalue weighted by Gasteiger charge is -2.26. The SMILES string of the molecule is Cc1cc(C(=O)CCC(=O)N(CCC(=O)O)C(C)C)c(C)s1. The zero-order valence-electron chi connectivity index (χ0n) is 13.5. The van der Waals surface area contributed by atoms with E-state index in [0.717, 1.165) is 9.75 Å². The van der Waals surface area contributed by atoms with Crippen molar-refractivity contribution in [2.45, 2.75) is 53.0 Å². The van der Waals surface area contributed by atoms with E-state index in [1.54, 1.807) is 11.3 Å². The molecule has 22 heavy (non-hydrogen) atoms. The van der Waals surface area contributed by atoms with Crippen LogP contribution < -0.4 is 0 Å². The molecule has 6 heteroatoms. The Kier molecular flexibility index (Phi) is 6.74. The van der Waals surface area contributed by atoms with E-state index in [0.29, 0.717) is 5.56 Å². The summed E-state index contributed by atoms with van der Waals surface area (Å²) in [6, 6.07) is 1.78. The molecule has 0 aliphatic rings. The number of carboxylic acids is 1. The van der Waals surface area contributed by atoms with Crippen LogP contribution in [-0.4, -0.2) is 40.3 Å². The number of aryl methyl sites for hydroxylation is 2. The number of hydrogen-bond donors (Lipinski definition) is 1. The Morgan fingerprint density at radius 3 is 2.27 bits per heavy atom. The summed E-state index contributed by atoms with van der Waals surface area (Å²) in [4.78, 5) is 38.6. The summed E-state index contributed by atoms with van der Waals surface area (Å²) in [6.07, 6.45) is 0.192. The van der Waals surface area contributed by atoms with E-state index in [9.17, 15) is 14.4 Å². The van der Waals surface area contributed by atoms with Crippen LogP contribution in [0.4, 0.5) is 0 Å². The molecule has 0 saturated heterocycles. The first kappa shape index (κ1) is 18.4. The zero-order chi connectivity index (χ0) is 16.9. The van der Waals surface area contributed by atoms with Gasteiger partial charge >= 0.3 is 5.97 Å². The maximum atomic E-state index is 12.2. The topological polar surface area (TPSA) is 74.7 Å². The molecule has 0 spiro atoms. The maximum absolute atomic E-state index is 12.2. The van der Waals surface area contributed by atoms with Crippen molar-refractivity contribution in [1.82, 2.24) is 4.90 Å². The molecule has 0 bridgehead atoms. The average molecular weight is 325 g/mol. The third-order valence-electron chi connectivity index (χ3n) is 3.42. The van der Waals surface area contributed by atoms with Gasteiger partial charge < -0.3 is 10.0 Å². The maximum Gasteiger partial charge on any atom is 0.305 e. The summed E-state index contributed by atoms with van der Waals surface area (Å²) in [5, 5.41) is 8.73. The van der Waals surface area contributed by atoms with Crippen molar-refractivity contribution < 1.29 is 19.5 Å². The van der Waals surface area contributed by atoms with Gasteiger partial charge in [0.25, 0.3) is 0 Å². The fourth-order valence-electron chi connectivity index (χ4n) is 2.29. The van der Waals surface area contributed by atoms with E-state index in [4.69, 9.17) is 5.11 Å². The highest BCUT2D eigenvalue weighted by Gasteiger charge is 2.20. The number of amides is 1. The van der Waals surface area contributed by atoms with Crippen molar-refractivity contribution in [3.05, 3.63) is 21.4 Å². The number of aliphatic carboxylic acids is 1. The molecule has 0 atom stereocenters. The number of carbonyl (C=O) groups is 3. The van der Waals surface area contributed by atoms with E-state index in [-0.39, 0.29) is 43.5 Å². The van der Waals surface area contributed by atoms with Gasteiger partial charge in [0.2, 0.25) is 5.91 Å². The number of nitrogens with zero attached hydrogens (tertiary/aromatic N) is 1. The van der Waals surface area contributed by atoms with Gasteiger partial charge in [-0.2, -0.15) is 0 Å². The first-order chi connectivity index (χ1) is 10.2. The molecule has 1 aromatic rings. The minimum Gasteiger partial charge on any atom is -0.481 e. The predicted molar refractivity (Wildman–Crippen MR) is 86.5 cm³/mol. The zero-order valence-corrected chi connectivity index (χ0v) is 14.3. The highest BCUT2D eigenvalue weighted by Crippen LogP contribution is 2.22. The minimum atomic E-state index is -0.932. The Morgan fingerprint density at radius 1 is 1.18 bits per heavy atom. The van der Waals surface area contributed by atoms with Gasteiger partial charge in [0.05, 0.1) is 6.42 Å². The van der Waals surface area contributed by atoms with Crippen LogP contribution in [0.5, 0.6) is 0 Å². The number of rotatable bonds is 8. The van der Waals surface area contributed by atoms with E-state index >= 15 is 0 Å². The van der Waals surface area contributed by atoms with E-state index in [2.05, 4.69) is 0 Å². The molecule has 0 aliphatic carbocycles. The van der Waals surface area contributed by atoms with Crippen LogP contribution in [0.25, 0.3) is 0 Å². The summed E-state index contributed by atoms with van der Waals surface area (Å²) in [7, 11) is 0. The standard InChI is InChI=1S/C16H23NO4S/c1-10(2)17(8-7-16(20)21)15(19)6-5-14(18)13-9-11(3)22-12(13)4/h9-10H,5-8H2,1-4H3,(H,20,21). The van der Waals surface area contributed by atoms with Gasteiger partial charge in [-0.25, -0.2) is 0 Å².